The molecule has 1 aliphatic heterocycles. The molecular weight excluding hydrogens is 339 g/mol. The van der Waals surface area contributed by atoms with Crippen molar-refractivity contribution >= 4 is 53.3 Å². The van der Waals surface area contributed by atoms with Gasteiger partial charge in [0.2, 0.25) is 0 Å². The largest absolute Gasteiger partial charge is 0.336 e. The molecule has 0 aromatic heterocycles. The Kier molecular flexibility index (Phi) is 6.95. The number of hydrogen-bond donors (Lipinski definition) is 1. The van der Waals surface area contributed by atoms with Crippen molar-refractivity contribution in [2.24, 2.45) is 0 Å². The van der Waals surface area contributed by atoms with Crippen molar-refractivity contribution in [1.29, 1.82) is 0 Å². The van der Waals surface area contributed by atoms with Gasteiger partial charge in [-0.05, 0) is 25.3 Å². The zero-order valence-corrected chi connectivity index (χ0v) is 14.4. The first kappa shape index (κ1) is 17.9. The third kappa shape index (κ3) is 3.95. The topological polar surface area (TPSA) is 32.3 Å². The highest BCUT2D eigenvalue weighted by atomic mass is 35.5. The van der Waals surface area contributed by atoms with Gasteiger partial charge in [-0.3, -0.25) is 4.79 Å². The Balaban J connectivity index is 0.00000200. The number of rotatable bonds is 2. The Morgan fingerprint density at radius 2 is 2.10 bits per heavy atom. The summed E-state index contributed by atoms with van der Waals surface area (Å²) in [6.45, 7) is 4.28. The van der Waals surface area contributed by atoms with Crippen molar-refractivity contribution in [1.82, 2.24) is 10.2 Å². The second-order valence-electron chi connectivity index (χ2n) is 4.57. The fourth-order valence-electron chi connectivity index (χ4n) is 2.14. The SMILES string of the molecule is CSc1cc(C(=O)N2CCNC(C)C2)c(Cl)cc1Cl.Cl. The first-order valence-electron chi connectivity index (χ1n) is 6.08. The molecule has 0 aliphatic carbocycles. The van der Waals surface area contributed by atoms with Gasteiger partial charge in [0.15, 0.2) is 0 Å². The van der Waals surface area contributed by atoms with Gasteiger partial charge >= 0.3 is 0 Å². The summed E-state index contributed by atoms with van der Waals surface area (Å²) in [6.07, 6.45) is 1.93. The highest BCUT2D eigenvalue weighted by molar-refractivity contribution is 7.98. The molecule has 3 nitrogen and oxygen atoms in total. The van der Waals surface area contributed by atoms with Crippen LogP contribution in [-0.2, 0) is 0 Å². The molecule has 1 unspecified atom stereocenters. The highest BCUT2D eigenvalue weighted by Crippen LogP contribution is 2.31. The number of benzene rings is 1. The van der Waals surface area contributed by atoms with E-state index in [1.807, 2.05) is 11.2 Å². The van der Waals surface area contributed by atoms with Crippen LogP contribution in [-0.4, -0.2) is 42.7 Å². The number of nitrogens with zero attached hydrogens (tertiary/aromatic N) is 1. The Labute approximate surface area is 139 Å². The molecule has 1 aromatic carbocycles. The van der Waals surface area contributed by atoms with E-state index >= 15 is 0 Å². The maximum atomic E-state index is 12.5. The minimum Gasteiger partial charge on any atom is -0.336 e. The molecule has 1 fully saturated rings. The molecule has 1 aliphatic rings. The molecule has 1 heterocycles. The zero-order chi connectivity index (χ0) is 14.0. The van der Waals surface area contributed by atoms with Crippen molar-refractivity contribution in [3.05, 3.63) is 27.7 Å². The molecule has 1 aromatic rings. The molecule has 1 atom stereocenters. The second kappa shape index (κ2) is 7.76. The van der Waals surface area contributed by atoms with Gasteiger partial charge in [0.1, 0.15) is 0 Å². The number of amides is 1. The summed E-state index contributed by atoms with van der Waals surface area (Å²) in [5, 5.41) is 4.31. The molecule has 0 spiro atoms. The molecule has 2 rings (SSSR count). The van der Waals surface area contributed by atoms with Gasteiger partial charge < -0.3 is 10.2 Å². The second-order valence-corrected chi connectivity index (χ2v) is 6.24. The Bertz CT molecular complexity index is 499. The fraction of sp³-hybridized carbons (Fsp3) is 0.462. The van der Waals surface area contributed by atoms with E-state index in [0.717, 1.165) is 11.4 Å². The van der Waals surface area contributed by atoms with E-state index in [4.69, 9.17) is 23.2 Å². The molecule has 20 heavy (non-hydrogen) atoms. The third-order valence-corrected chi connectivity index (χ3v) is 4.64. The summed E-state index contributed by atoms with van der Waals surface area (Å²) in [7, 11) is 0. The number of piperazine rings is 1. The van der Waals surface area contributed by atoms with Crippen molar-refractivity contribution in [3.63, 3.8) is 0 Å². The quantitative estimate of drug-likeness (QED) is 0.823. The third-order valence-electron chi connectivity index (χ3n) is 3.13. The summed E-state index contributed by atoms with van der Waals surface area (Å²) in [5.74, 6) is -0.0229. The number of hydrogen-bond acceptors (Lipinski definition) is 3. The summed E-state index contributed by atoms with van der Waals surface area (Å²) < 4.78 is 0. The van der Waals surface area contributed by atoms with Crippen LogP contribution in [0.3, 0.4) is 0 Å². The normalized spacial score (nSPS) is 18.6. The van der Waals surface area contributed by atoms with Gasteiger partial charge in [-0.15, -0.1) is 24.2 Å². The lowest BCUT2D eigenvalue weighted by Crippen LogP contribution is -2.51. The summed E-state index contributed by atoms with van der Waals surface area (Å²) in [6, 6.07) is 3.74. The van der Waals surface area contributed by atoms with Crippen LogP contribution in [0.5, 0.6) is 0 Å². The first-order valence-corrected chi connectivity index (χ1v) is 8.06. The average molecular weight is 356 g/mol. The molecular formula is C13H17Cl3N2OS. The van der Waals surface area contributed by atoms with Crippen LogP contribution in [0, 0.1) is 0 Å². The zero-order valence-electron chi connectivity index (χ0n) is 11.3. The van der Waals surface area contributed by atoms with Gasteiger partial charge in [0, 0.05) is 30.6 Å². The predicted molar refractivity (Wildman–Crippen MR) is 88.9 cm³/mol. The van der Waals surface area contributed by atoms with Crippen LogP contribution in [0.4, 0.5) is 0 Å². The van der Waals surface area contributed by atoms with Crippen LogP contribution in [0.1, 0.15) is 17.3 Å². The fourth-order valence-corrected chi connectivity index (χ4v) is 3.32. The van der Waals surface area contributed by atoms with E-state index in [2.05, 4.69) is 12.2 Å². The lowest BCUT2D eigenvalue weighted by molar-refractivity contribution is 0.0709. The van der Waals surface area contributed by atoms with Crippen LogP contribution in [0.15, 0.2) is 17.0 Å². The lowest BCUT2D eigenvalue weighted by atomic mass is 10.1. The van der Waals surface area contributed by atoms with E-state index in [-0.39, 0.29) is 18.3 Å². The van der Waals surface area contributed by atoms with Crippen LogP contribution >= 0.6 is 47.4 Å². The van der Waals surface area contributed by atoms with Crippen molar-refractivity contribution in [2.45, 2.75) is 17.9 Å². The molecule has 0 saturated carbocycles. The molecule has 1 N–H and O–H groups in total. The van der Waals surface area contributed by atoms with Gasteiger partial charge in [-0.25, -0.2) is 0 Å². The number of halogens is 3. The molecule has 1 amide bonds. The molecule has 7 heteroatoms. The smallest absolute Gasteiger partial charge is 0.255 e. The number of carbonyl (C=O) groups excluding carboxylic acids is 1. The average Bonchev–Trinajstić information content (AvgIpc) is 2.38. The van der Waals surface area contributed by atoms with E-state index in [0.29, 0.717) is 34.7 Å². The minimum absolute atomic E-state index is 0. The van der Waals surface area contributed by atoms with Crippen molar-refractivity contribution < 1.29 is 4.79 Å². The van der Waals surface area contributed by atoms with Crippen molar-refractivity contribution in [2.75, 3.05) is 25.9 Å². The monoisotopic (exact) mass is 354 g/mol. The van der Waals surface area contributed by atoms with E-state index in [9.17, 15) is 4.79 Å². The standard InChI is InChI=1S/C13H16Cl2N2OS.ClH/c1-8-7-17(4-3-16-8)13(18)9-5-12(19-2)11(15)6-10(9)14;/h5-6,8,16H,3-4,7H2,1-2H3;1H. The molecule has 112 valence electrons. The lowest BCUT2D eigenvalue weighted by Gasteiger charge is -2.32. The summed E-state index contributed by atoms with van der Waals surface area (Å²) >= 11 is 13.7. The number of carbonyl (C=O) groups is 1. The summed E-state index contributed by atoms with van der Waals surface area (Å²) in [5.41, 5.74) is 0.532. The minimum atomic E-state index is -0.0229. The summed E-state index contributed by atoms with van der Waals surface area (Å²) in [4.78, 5) is 15.2. The molecule has 0 bridgehead atoms. The molecule has 0 radical (unpaired) electrons. The van der Waals surface area contributed by atoms with Gasteiger partial charge in [-0.1, -0.05) is 23.2 Å². The van der Waals surface area contributed by atoms with E-state index in [1.165, 1.54) is 11.8 Å². The van der Waals surface area contributed by atoms with Gasteiger partial charge in [0.25, 0.3) is 5.91 Å². The van der Waals surface area contributed by atoms with E-state index in [1.54, 1.807) is 12.1 Å². The van der Waals surface area contributed by atoms with Crippen LogP contribution in [0.25, 0.3) is 0 Å². The Morgan fingerprint density at radius 3 is 2.70 bits per heavy atom. The number of thioether (sulfide) groups is 1. The van der Waals surface area contributed by atoms with Gasteiger partial charge in [-0.2, -0.15) is 0 Å². The highest BCUT2D eigenvalue weighted by Gasteiger charge is 2.24. The van der Waals surface area contributed by atoms with E-state index < -0.39 is 0 Å². The Hall–Kier alpha value is -0.130. The Morgan fingerprint density at radius 1 is 1.40 bits per heavy atom. The maximum Gasteiger partial charge on any atom is 0.255 e. The van der Waals surface area contributed by atoms with Crippen molar-refractivity contribution in [3.8, 4) is 0 Å². The van der Waals surface area contributed by atoms with Gasteiger partial charge in [0.05, 0.1) is 15.6 Å². The molecule has 1 saturated heterocycles. The van der Waals surface area contributed by atoms with Crippen LogP contribution in [0.2, 0.25) is 10.0 Å². The predicted octanol–water partition coefficient (Wildman–Crippen LogP) is 3.57. The first-order chi connectivity index (χ1) is 9.02. The maximum absolute atomic E-state index is 12.5. The van der Waals surface area contributed by atoms with Crippen LogP contribution < -0.4 is 5.32 Å². The number of nitrogens with one attached hydrogen (secondary N) is 1.